The molecule has 0 spiro atoms. The fourth-order valence-electron chi connectivity index (χ4n) is 2.91. The summed E-state index contributed by atoms with van der Waals surface area (Å²) in [6.07, 6.45) is 2.43. The van der Waals surface area contributed by atoms with Gasteiger partial charge in [0.15, 0.2) is 0 Å². The van der Waals surface area contributed by atoms with Gasteiger partial charge in [-0.05, 0) is 25.3 Å². The third kappa shape index (κ3) is 3.98. The first-order chi connectivity index (χ1) is 11.0. The van der Waals surface area contributed by atoms with Crippen molar-refractivity contribution in [3.05, 3.63) is 27.9 Å². The lowest BCUT2D eigenvalue weighted by molar-refractivity contribution is 0.182. The molecular formula is C17H26N4OS. The van der Waals surface area contributed by atoms with E-state index in [1.807, 2.05) is 11.3 Å². The second-order valence-corrected chi connectivity index (χ2v) is 7.92. The molecule has 6 heteroatoms. The van der Waals surface area contributed by atoms with Crippen LogP contribution in [0.2, 0.25) is 0 Å². The van der Waals surface area contributed by atoms with Crippen LogP contribution in [0.15, 0.2) is 9.80 Å². The first-order valence-corrected chi connectivity index (χ1v) is 9.40. The Morgan fingerprint density at radius 2 is 2.09 bits per heavy atom. The van der Waals surface area contributed by atoms with Crippen LogP contribution in [0.5, 0.6) is 0 Å². The third-order valence-corrected chi connectivity index (χ3v) is 5.35. The van der Waals surface area contributed by atoms with Crippen LogP contribution in [-0.2, 0) is 6.54 Å². The first-order valence-electron chi connectivity index (χ1n) is 8.53. The molecule has 0 bridgehead atoms. The van der Waals surface area contributed by atoms with E-state index in [0.29, 0.717) is 11.8 Å². The smallest absolute Gasteiger partial charge is 0.230 e. The van der Waals surface area contributed by atoms with E-state index in [0.717, 1.165) is 31.4 Å². The van der Waals surface area contributed by atoms with Crippen LogP contribution in [0.1, 0.15) is 80.8 Å². The van der Waals surface area contributed by atoms with E-state index in [1.165, 1.54) is 23.5 Å². The molecule has 3 heterocycles. The standard InChI is InChI=1S/C17H26N4OS/c1-11(2)14-10-23-17(18-14)13-6-5-7-21(8-13)9-15-19-20-16(22-15)12(3)4/h10-13H,5-9H2,1-4H3/t13-/m1/s1. The Balaban J connectivity index is 1.63. The van der Waals surface area contributed by atoms with Gasteiger partial charge in [-0.15, -0.1) is 21.5 Å². The largest absolute Gasteiger partial charge is 0.424 e. The zero-order chi connectivity index (χ0) is 16.4. The number of thiazole rings is 1. The molecule has 1 saturated heterocycles. The Morgan fingerprint density at radius 3 is 2.74 bits per heavy atom. The average molecular weight is 334 g/mol. The van der Waals surface area contributed by atoms with Gasteiger partial charge < -0.3 is 4.42 Å². The molecule has 126 valence electrons. The van der Waals surface area contributed by atoms with Gasteiger partial charge in [-0.3, -0.25) is 4.90 Å². The molecule has 1 fully saturated rings. The fourth-order valence-corrected chi connectivity index (χ4v) is 4.02. The van der Waals surface area contributed by atoms with Gasteiger partial charge in [0.25, 0.3) is 0 Å². The van der Waals surface area contributed by atoms with Gasteiger partial charge >= 0.3 is 0 Å². The van der Waals surface area contributed by atoms with Crippen molar-refractivity contribution < 1.29 is 4.42 Å². The van der Waals surface area contributed by atoms with E-state index in [1.54, 1.807) is 0 Å². The van der Waals surface area contributed by atoms with Crippen LogP contribution in [-0.4, -0.2) is 33.2 Å². The number of rotatable bonds is 5. The number of hydrogen-bond acceptors (Lipinski definition) is 6. The summed E-state index contributed by atoms with van der Waals surface area (Å²) in [6.45, 7) is 11.4. The van der Waals surface area contributed by atoms with Crippen molar-refractivity contribution in [3.8, 4) is 0 Å². The molecule has 23 heavy (non-hydrogen) atoms. The van der Waals surface area contributed by atoms with Crippen LogP contribution in [0.25, 0.3) is 0 Å². The second kappa shape index (κ2) is 7.09. The van der Waals surface area contributed by atoms with Crippen molar-refractivity contribution >= 4 is 11.3 Å². The van der Waals surface area contributed by atoms with Gasteiger partial charge in [0.2, 0.25) is 11.8 Å². The summed E-state index contributed by atoms with van der Waals surface area (Å²) in [5.41, 5.74) is 1.22. The molecule has 0 unspecified atom stereocenters. The number of hydrogen-bond donors (Lipinski definition) is 0. The molecule has 0 N–H and O–H groups in total. The van der Waals surface area contributed by atoms with E-state index >= 15 is 0 Å². The zero-order valence-corrected chi connectivity index (χ0v) is 15.3. The van der Waals surface area contributed by atoms with Crippen molar-refractivity contribution in [3.63, 3.8) is 0 Å². The Bertz CT molecular complexity index is 634. The summed E-state index contributed by atoms with van der Waals surface area (Å²) in [4.78, 5) is 7.26. The maximum Gasteiger partial charge on any atom is 0.230 e. The lowest BCUT2D eigenvalue weighted by Crippen LogP contribution is -2.34. The highest BCUT2D eigenvalue weighted by molar-refractivity contribution is 7.09. The van der Waals surface area contributed by atoms with E-state index in [4.69, 9.17) is 9.40 Å². The molecule has 5 nitrogen and oxygen atoms in total. The summed E-state index contributed by atoms with van der Waals surface area (Å²) < 4.78 is 5.75. The molecule has 1 atom stereocenters. The molecule has 3 rings (SSSR count). The lowest BCUT2D eigenvalue weighted by atomic mass is 9.98. The van der Waals surface area contributed by atoms with Crippen molar-refractivity contribution in [1.29, 1.82) is 0 Å². The molecule has 2 aromatic rings. The second-order valence-electron chi connectivity index (χ2n) is 7.03. The van der Waals surface area contributed by atoms with Crippen molar-refractivity contribution in [2.75, 3.05) is 13.1 Å². The van der Waals surface area contributed by atoms with Crippen LogP contribution >= 0.6 is 11.3 Å². The average Bonchev–Trinajstić information content (AvgIpc) is 3.16. The maximum absolute atomic E-state index is 5.75. The Hall–Kier alpha value is -1.27. The summed E-state index contributed by atoms with van der Waals surface area (Å²) in [5, 5.41) is 11.8. The molecule has 0 aliphatic carbocycles. The maximum atomic E-state index is 5.75. The summed E-state index contributed by atoms with van der Waals surface area (Å²) >= 11 is 1.81. The lowest BCUT2D eigenvalue weighted by Gasteiger charge is -2.30. The van der Waals surface area contributed by atoms with Crippen LogP contribution in [0, 0.1) is 0 Å². The topological polar surface area (TPSA) is 55.1 Å². The monoisotopic (exact) mass is 334 g/mol. The highest BCUT2D eigenvalue weighted by atomic mass is 32.1. The predicted octanol–water partition coefficient (Wildman–Crippen LogP) is 4.15. The highest BCUT2D eigenvalue weighted by Crippen LogP contribution is 2.31. The van der Waals surface area contributed by atoms with E-state index in [2.05, 4.69) is 48.2 Å². The zero-order valence-electron chi connectivity index (χ0n) is 14.5. The molecule has 0 saturated carbocycles. The van der Waals surface area contributed by atoms with Crippen molar-refractivity contribution in [2.45, 2.75) is 64.8 Å². The summed E-state index contributed by atoms with van der Waals surface area (Å²) in [7, 11) is 0. The van der Waals surface area contributed by atoms with Crippen LogP contribution in [0.3, 0.4) is 0 Å². The SMILES string of the molecule is CC(C)c1csc([C@@H]2CCCN(Cc3nnc(C(C)C)o3)C2)n1. The molecule has 1 aliphatic heterocycles. The fraction of sp³-hybridized carbons (Fsp3) is 0.706. The van der Waals surface area contributed by atoms with Crippen molar-refractivity contribution in [1.82, 2.24) is 20.1 Å². The number of likely N-dealkylation sites (tertiary alicyclic amines) is 1. The highest BCUT2D eigenvalue weighted by Gasteiger charge is 2.25. The minimum absolute atomic E-state index is 0.287. The Morgan fingerprint density at radius 1 is 1.26 bits per heavy atom. The van der Waals surface area contributed by atoms with Crippen molar-refractivity contribution in [2.24, 2.45) is 0 Å². The molecule has 0 aromatic carbocycles. The molecule has 0 amide bonds. The van der Waals surface area contributed by atoms with Gasteiger partial charge in [0.1, 0.15) is 0 Å². The Labute approximate surface area is 142 Å². The van der Waals surface area contributed by atoms with Gasteiger partial charge in [-0.1, -0.05) is 27.7 Å². The predicted molar refractivity (Wildman–Crippen MR) is 91.8 cm³/mol. The van der Waals surface area contributed by atoms with E-state index < -0.39 is 0 Å². The minimum atomic E-state index is 0.287. The van der Waals surface area contributed by atoms with Gasteiger partial charge in [0, 0.05) is 23.8 Å². The molecule has 0 radical (unpaired) electrons. The first kappa shape index (κ1) is 16.6. The van der Waals surface area contributed by atoms with Gasteiger partial charge in [-0.25, -0.2) is 4.98 Å². The minimum Gasteiger partial charge on any atom is -0.424 e. The van der Waals surface area contributed by atoms with Gasteiger partial charge in [-0.2, -0.15) is 0 Å². The molecule has 1 aliphatic rings. The quantitative estimate of drug-likeness (QED) is 0.822. The van der Waals surface area contributed by atoms with E-state index in [-0.39, 0.29) is 5.92 Å². The normalized spacial score (nSPS) is 19.8. The number of nitrogens with zero attached hydrogens (tertiary/aromatic N) is 4. The van der Waals surface area contributed by atoms with Crippen LogP contribution in [0.4, 0.5) is 0 Å². The molecular weight excluding hydrogens is 308 g/mol. The molecule has 2 aromatic heterocycles. The third-order valence-electron chi connectivity index (χ3n) is 4.32. The summed E-state index contributed by atoms with van der Waals surface area (Å²) in [6, 6.07) is 0. The number of piperidine rings is 1. The summed E-state index contributed by atoms with van der Waals surface area (Å²) in [5.74, 6) is 2.79. The van der Waals surface area contributed by atoms with Gasteiger partial charge in [0.05, 0.1) is 17.2 Å². The Kier molecular flexibility index (Phi) is 5.11. The van der Waals surface area contributed by atoms with Crippen LogP contribution < -0.4 is 0 Å². The van der Waals surface area contributed by atoms with E-state index in [9.17, 15) is 0 Å². The number of aromatic nitrogens is 3.